The van der Waals surface area contributed by atoms with Crippen molar-refractivity contribution in [2.45, 2.75) is 10.9 Å². The maximum atomic E-state index is 13.1. The quantitative estimate of drug-likeness (QED) is 0.855. The van der Waals surface area contributed by atoms with E-state index in [2.05, 4.69) is 0 Å². The van der Waals surface area contributed by atoms with Crippen LogP contribution in [0.4, 0.5) is 8.78 Å². The van der Waals surface area contributed by atoms with Gasteiger partial charge in [0.05, 0.1) is 5.75 Å². The van der Waals surface area contributed by atoms with E-state index in [9.17, 15) is 18.4 Å². The van der Waals surface area contributed by atoms with E-state index in [1.54, 1.807) is 0 Å². The molecule has 1 aromatic carbocycles. The first-order valence-corrected chi connectivity index (χ1v) is 8.31. The van der Waals surface area contributed by atoms with Gasteiger partial charge in [-0.1, -0.05) is 0 Å². The van der Waals surface area contributed by atoms with Gasteiger partial charge in [-0.3, -0.25) is 4.79 Å². The van der Waals surface area contributed by atoms with Gasteiger partial charge < -0.3 is 10.0 Å². The highest BCUT2D eigenvalue weighted by molar-refractivity contribution is 8.00. The Morgan fingerprint density at radius 3 is 2.81 bits per heavy atom. The summed E-state index contributed by atoms with van der Waals surface area (Å²) in [6.45, 7) is 0.388. The summed E-state index contributed by atoms with van der Waals surface area (Å²) in [6.07, 6.45) is 0. The van der Waals surface area contributed by atoms with E-state index in [-0.39, 0.29) is 11.7 Å². The summed E-state index contributed by atoms with van der Waals surface area (Å²) in [5, 5.41) is 9.10. The van der Waals surface area contributed by atoms with Crippen LogP contribution >= 0.6 is 23.5 Å². The van der Waals surface area contributed by atoms with Crippen LogP contribution in [-0.2, 0) is 9.59 Å². The molecular formula is C13H13F2NO3S2. The molecule has 8 heteroatoms. The molecule has 0 saturated carbocycles. The first kappa shape index (κ1) is 16.1. The van der Waals surface area contributed by atoms with E-state index in [0.29, 0.717) is 22.9 Å². The summed E-state index contributed by atoms with van der Waals surface area (Å²) in [5.74, 6) is -2.16. The van der Waals surface area contributed by atoms with Gasteiger partial charge in [-0.2, -0.15) is 11.8 Å². The number of hydrogen-bond acceptors (Lipinski definition) is 4. The van der Waals surface area contributed by atoms with Crippen LogP contribution in [-0.4, -0.2) is 51.7 Å². The SMILES string of the molecule is O=C(O)C1CSCCN1C(=O)CSc1ccc(F)c(F)c1. The van der Waals surface area contributed by atoms with Crippen LogP contribution in [0, 0.1) is 11.6 Å². The highest BCUT2D eigenvalue weighted by Gasteiger charge is 2.32. The van der Waals surface area contributed by atoms with Crippen LogP contribution in [0.3, 0.4) is 0 Å². The summed E-state index contributed by atoms with van der Waals surface area (Å²) in [7, 11) is 0. The Balaban J connectivity index is 1.96. The number of nitrogens with zero attached hydrogens (tertiary/aromatic N) is 1. The number of aliphatic carboxylic acids is 1. The standard InChI is InChI=1S/C13H13F2NO3S2/c14-9-2-1-8(5-10(9)15)21-7-12(17)16-3-4-20-6-11(16)13(18)19/h1-2,5,11H,3-4,6-7H2,(H,18,19). The number of rotatable bonds is 4. The Morgan fingerprint density at radius 1 is 1.38 bits per heavy atom. The molecule has 0 spiro atoms. The Hall–Kier alpha value is -1.28. The number of carbonyl (C=O) groups excluding carboxylic acids is 1. The van der Waals surface area contributed by atoms with Crippen molar-refractivity contribution in [2.75, 3.05) is 23.8 Å². The molecule has 0 aliphatic carbocycles. The smallest absolute Gasteiger partial charge is 0.327 e. The maximum Gasteiger partial charge on any atom is 0.327 e. The molecule has 1 aliphatic heterocycles. The van der Waals surface area contributed by atoms with Crippen molar-refractivity contribution in [1.82, 2.24) is 4.90 Å². The fourth-order valence-corrected chi connectivity index (χ4v) is 3.75. The highest BCUT2D eigenvalue weighted by atomic mass is 32.2. The minimum absolute atomic E-state index is 0.000477. The number of halogens is 2. The molecule has 0 radical (unpaired) electrons. The lowest BCUT2D eigenvalue weighted by atomic mass is 10.2. The Labute approximate surface area is 128 Å². The predicted molar refractivity (Wildman–Crippen MR) is 77.5 cm³/mol. The second-order valence-electron chi connectivity index (χ2n) is 4.38. The Morgan fingerprint density at radius 2 is 2.14 bits per heavy atom. The van der Waals surface area contributed by atoms with Gasteiger partial charge in [-0.05, 0) is 18.2 Å². The summed E-state index contributed by atoms with van der Waals surface area (Å²) in [5.41, 5.74) is 0. The number of hydrogen-bond donors (Lipinski definition) is 1. The molecule has 1 heterocycles. The number of carboxylic acid groups (broad SMARTS) is 1. The zero-order valence-corrected chi connectivity index (χ0v) is 12.6. The normalized spacial score (nSPS) is 18.6. The van der Waals surface area contributed by atoms with Gasteiger partial charge in [-0.15, -0.1) is 11.8 Å². The molecule has 1 saturated heterocycles. The lowest BCUT2D eigenvalue weighted by molar-refractivity contribution is -0.148. The predicted octanol–water partition coefficient (Wildman–Crippen LogP) is 2.09. The Kier molecular flexibility index (Phi) is 5.46. The van der Waals surface area contributed by atoms with Crippen molar-refractivity contribution in [1.29, 1.82) is 0 Å². The van der Waals surface area contributed by atoms with Gasteiger partial charge >= 0.3 is 5.97 Å². The average Bonchev–Trinajstić information content (AvgIpc) is 2.48. The van der Waals surface area contributed by atoms with Crippen molar-refractivity contribution in [2.24, 2.45) is 0 Å². The number of benzene rings is 1. The first-order chi connectivity index (χ1) is 9.99. The third kappa shape index (κ3) is 4.10. The monoisotopic (exact) mass is 333 g/mol. The molecule has 1 N–H and O–H groups in total. The Bertz CT molecular complexity index is 556. The number of carboxylic acids is 1. The molecule has 1 atom stereocenters. The summed E-state index contributed by atoms with van der Waals surface area (Å²) in [4.78, 5) is 25.0. The van der Waals surface area contributed by atoms with E-state index in [4.69, 9.17) is 5.11 Å². The van der Waals surface area contributed by atoms with E-state index in [0.717, 1.165) is 23.9 Å². The first-order valence-electron chi connectivity index (χ1n) is 6.17. The number of thioether (sulfide) groups is 2. The molecule has 1 unspecified atom stereocenters. The van der Waals surface area contributed by atoms with Gasteiger partial charge in [-0.25, -0.2) is 13.6 Å². The van der Waals surface area contributed by atoms with Crippen molar-refractivity contribution >= 4 is 35.4 Å². The van der Waals surface area contributed by atoms with Crippen molar-refractivity contribution in [3.8, 4) is 0 Å². The van der Waals surface area contributed by atoms with Crippen molar-refractivity contribution in [3.63, 3.8) is 0 Å². The van der Waals surface area contributed by atoms with Crippen molar-refractivity contribution < 1.29 is 23.5 Å². The molecule has 1 aliphatic rings. The van der Waals surface area contributed by atoms with Gasteiger partial charge in [0.15, 0.2) is 11.6 Å². The molecule has 114 valence electrons. The van der Waals surface area contributed by atoms with E-state index in [1.165, 1.54) is 22.7 Å². The fraction of sp³-hybridized carbons (Fsp3) is 0.385. The molecule has 2 rings (SSSR count). The average molecular weight is 333 g/mol. The van der Waals surface area contributed by atoms with Gasteiger partial charge in [0.2, 0.25) is 5.91 Å². The number of carbonyl (C=O) groups is 2. The van der Waals surface area contributed by atoms with E-state index >= 15 is 0 Å². The molecule has 4 nitrogen and oxygen atoms in total. The summed E-state index contributed by atoms with van der Waals surface area (Å²) in [6, 6.07) is 2.59. The lowest BCUT2D eigenvalue weighted by Crippen LogP contribution is -2.50. The summed E-state index contributed by atoms with van der Waals surface area (Å²) < 4.78 is 25.9. The van der Waals surface area contributed by atoms with Gasteiger partial charge in [0.25, 0.3) is 0 Å². The highest BCUT2D eigenvalue weighted by Crippen LogP contribution is 2.23. The second kappa shape index (κ2) is 7.13. The van der Waals surface area contributed by atoms with E-state index < -0.39 is 23.6 Å². The molecule has 1 aromatic rings. The minimum Gasteiger partial charge on any atom is -0.480 e. The maximum absolute atomic E-state index is 13.1. The lowest BCUT2D eigenvalue weighted by Gasteiger charge is -2.32. The summed E-state index contributed by atoms with van der Waals surface area (Å²) >= 11 is 2.56. The molecule has 1 amide bonds. The third-order valence-corrected chi connectivity index (χ3v) is 4.99. The van der Waals surface area contributed by atoms with E-state index in [1.807, 2.05) is 0 Å². The molecule has 1 fully saturated rings. The number of amides is 1. The zero-order valence-electron chi connectivity index (χ0n) is 10.9. The van der Waals surface area contributed by atoms with Crippen LogP contribution < -0.4 is 0 Å². The second-order valence-corrected chi connectivity index (χ2v) is 6.58. The van der Waals surface area contributed by atoms with Crippen LogP contribution in [0.25, 0.3) is 0 Å². The van der Waals surface area contributed by atoms with Gasteiger partial charge in [0, 0.05) is 22.9 Å². The molecule has 0 aromatic heterocycles. The topological polar surface area (TPSA) is 57.6 Å². The zero-order chi connectivity index (χ0) is 15.4. The largest absolute Gasteiger partial charge is 0.480 e. The fourth-order valence-electron chi connectivity index (χ4n) is 1.90. The third-order valence-electron chi connectivity index (χ3n) is 2.99. The minimum atomic E-state index is -1.02. The molecule has 0 bridgehead atoms. The van der Waals surface area contributed by atoms with Crippen LogP contribution in [0.15, 0.2) is 23.1 Å². The van der Waals surface area contributed by atoms with Crippen LogP contribution in [0.2, 0.25) is 0 Å². The molecule has 21 heavy (non-hydrogen) atoms. The van der Waals surface area contributed by atoms with Crippen LogP contribution in [0.1, 0.15) is 0 Å². The van der Waals surface area contributed by atoms with Crippen molar-refractivity contribution in [3.05, 3.63) is 29.8 Å². The van der Waals surface area contributed by atoms with Gasteiger partial charge in [0.1, 0.15) is 6.04 Å². The van der Waals surface area contributed by atoms with Crippen LogP contribution in [0.5, 0.6) is 0 Å². The molecular weight excluding hydrogens is 320 g/mol.